The summed E-state index contributed by atoms with van der Waals surface area (Å²) in [6.07, 6.45) is 1.70. The van der Waals surface area contributed by atoms with Crippen LogP contribution in [0.5, 0.6) is 0 Å². The van der Waals surface area contributed by atoms with Gasteiger partial charge in [0.1, 0.15) is 5.69 Å². The Balaban J connectivity index is 2.49. The Morgan fingerprint density at radius 3 is 2.47 bits per heavy atom. The molecular weight excluding hydrogens is 214 g/mol. The van der Waals surface area contributed by atoms with Crippen LogP contribution in [0.2, 0.25) is 5.02 Å². The van der Waals surface area contributed by atoms with Crippen LogP contribution in [0.15, 0.2) is 42.6 Å². The lowest BCUT2D eigenvalue weighted by Crippen LogP contribution is -2.05. The number of halogens is 1. The first kappa shape index (κ1) is 9.80. The first-order valence-electron chi connectivity index (χ1n) is 4.35. The summed E-state index contributed by atoms with van der Waals surface area (Å²) >= 11 is 5.75. The van der Waals surface area contributed by atoms with Gasteiger partial charge in [-0.2, -0.15) is 0 Å². The van der Waals surface area contributed by atoms with Crippen LogP contribution >= 0.6 is 11.6 Å². The highest BCUT2D eigenvalue weighted by atomic mass is 35.5. The molecule has 2 aromatic rings. The standard InChI is InChI=1S/C11H8ClNO2/c12-8-3-5-9(6-4-8)13-7-1-2-10(13)11(14)15/h1-7H,(H,14,15). The largest absolute Gasteiger partial charge is 0.477 e. The molecule has 3 nitrogen and oxygen atoms in total. The van der Waals surface area contributed by atoms with Gasteiger partial charge in [0.15, 0.2) is 0 Å². The van der Waals surface area contributed by atoms with E-state index in [1.807, 2.05) is 0 Å². The highest BCUT2D eigenvalue weighted by Crippen LogP contribution is 2.16. The number of rotatable bonds is 2. The van der Waals surface area contributed by atoms with Crippen LogP contribution in [0.4, 0.5) is 0 Å². The smallest absolute Gasteiger partial charge is 0.352 e. The van der Waals surface area contributed by atoms with E-state index in [4.69, 9.17) is 16.7 Å². The van der Waals surface area contributed by atoms with Crippen LogP contribution in [0, 0.1) is 0 Å². The van der Waals surface area contributed by atoms with Crippen LogP contribution < -0.4 is 0 Å². The predicted octanol–water partition coefficient (Wildman–Crippen LogP) is 2.83. The van der Waals surface area contributed by atoms with Gasteiger partial charge >= 0.3 is 5.97 Å². The molecule has 0 saturated carbocycles. The van der Waals surface area contributed by atoms with Crippen molar-refractivity contribution in [2.75, 3.05) is 0 Å². The second-order valence-corrected chi connectivity index (χ2v) is 3.48. The first-order valence-corrected chi connectivity index (χ1v) is 4.73. The number of hydrogen-bond donors (Lipinski definition) is 1. The predicted molar refractivity (Wildman–Crippen MR) is 57.7 cm³/mol. The molecule has 0 amide bonds. The van der Waals surface area contributed by atoms with Crippen LogP contribution in [0.25, 0.3) is 5.69 Å². The van der Waals surface area contributed by atoms with Crippen molar-refractivity contribution in [3.8, 4) is 5.69 Å². The minimum absolute atomic E-state index is 0.234. The van der Waals surface area contributed by atoms with E-state index in [9.17, 15) is 4.79 Å². The molecule has 0 aliphatic heterocycles. The molecule has 0 saturated heterocycles. The van der Waals surface area contributed by atoms with Gasteiger partial charge in [0.05, 0.1) is 0 Å². The van der Waals surface area contributed by atoms with Gasteiger partial charge in [-0.05, 0) is 36.4 Å². The molecule has 1 heterocycles. The summed E-state index contributed by atoms with van der Waals surface area (Å²) in [5.41, 5.74) is 1.01. The zero-order chi connectivity index (χ0) is 10.8. The van der Waals surface area contributed by atoms with E-state index in [0.29, 0.717) is 5.02 Å². The van der Waals surface area contributed by atoms with Crippen molar-refractivity contribution < 1.29 is 9.90 Å². The minimum Gasteiger partial charge on any atom is -0.477 e. The molecule has 1 aromatic heterocycles. The quantitative estimate of drug-likeness (QED) is 0.847. The van der Waals surface area contributed by atoms with E-state index in [0.717, 1.165) is 5.69 Å². The number of carboxylic acid groups (broad SMARTS) is 1. The van der Waals surface area contributed by atoms with Crippen LogP contribution in [0.3, 0.4) is 0 Å². The van der Waals surface area contributed by atoms with E-state index in [1.54, 1.807) is 47.2 Å². The molecule has 15 heavy (non-hydrogen) atoms. The summed E-state index contributed by atoms with van der Waals surface area (Å²) < 4.78 is 1.60. The average molecular weight is 222 g/mol. The monoisotopic (exact) mass is 221 g/mol. The van der Waals surface area contributed by atoms with Crippen molar-refractivity contribution in [1.29, 1.82) is 0 Å². The Morgan fingerprint density at radius 2 is 1.87 bits per heavy atom. The summed E-state index contributed by atoms with van der Waals surface area (Å²) in [7, 11) is 0. The average Bonchev–Trinajstić information content (AvgIpc) is 2.67. The molecule has 0 aliphatic rings. The lowest BCUT2D eigenvalue weighted by atomic mass is 10.3. The third-order valence-electron chi connectivity index (χ3n) is 2.07. The summed E-state index contributed by atoms with van der Waals surface area (Å²) in [6.45, 7) is 0. The number of carbonyl (C=O) groups is 1. The molecule has 2 rings (SSSR count). The van der Waals surface area contributed by atoms with Crippen molar-refractivity contribution >= 4 is 17.6 Å². The zero-order valence-corrected chi connectivity index (χ0v) is 8.48. The normalized spacial score (nSPS) is 10.2. The topological polar surface area (TPSA) is 42.2 Å². The van der Waals surface area contributed by atoms with E-state index < -0.39 is 5.97 Å². The maximum Gasteiger partial charge on any atom is 0.352 e. The number of benzene rings is 1. The third kappa shape index (κ3) is 1.87. The maximum absolute atomic E-state index is 10.9. The van der Waals surface area contributed by atoms with Gasteiger partial charge in [-0.1, -0.05) is 11.6 Å². The number of nitrogens with zero attached hydrogens (tertiary/aromatic N) is 1. The van der Waals surface area contributed by atoms with Crippen LogP contribution in [0.1, 0.15) is 10.5 Å². The number of aromatic nitrogens is 1. The molecule has 4 heteroatoms. The van der Waals surface area contributed by atoms with E-state index >= 15 is 0 Å². The molecule has 0 bridgehead atoms. The highest BCUT2D eigenvalue weighted by molar-refractivity contribution is 6.30. The fraction of sp³-hybridized carbons (Fsp3) is 0. The number of aromatic carboxylic acids is 1. The Hall–Kier alpha value is -1.74. The van der Waals surface area contributed by atoms with E-state index in [1.165, 1.54) is 0 Å². The van der Waals surface area contributed by atoms with E-state index in [2.05, 4.69) is 0 Å². The van der Waals surface area contributed by atoms with Gasteiger partial charge in [0.2, 0.25) is 0 Å². The SMILES string of the molecule is O=C(O)c1cccn1-c1ccc(Cl)cc1. The molecule has 0 unspecified atom stereocenters. The van der Waals surface area contributed by atoms with Gasteiger partial charge in [-0.15, -0.1) is 0 Å². The molecule has 1 N–H and O–H groups in total. The Labute approximate surface area is 91.5 Å². The number of carboxylic acids is 1. The molecule has 0 fully saturated rings. The fourth-order valence-electron chi connectivity index (χ4n) is 1.38. The summed E-state index contributed by atoms with van der Waals surface area (Å²) in [4.78, 5) is 10.9. The van der Waals surface area contributed by atoms with Crippen molar-refractivity contribution in [3.05, 3.63) is 53.3 Å². The Morgan fingerprint density at radius 1 is 1.20 bits per heavy atom. The fourth-order valence-corrected chi connectivity index (χ4v) is 1.51. The first-order chi connectivity index (χ1) is 7.18. The molecular formula is C11H8ClNO2. The molecule has 0 atom stereocenters. The lowest BCUT2D eigenvalue weighted by molar-refractivity contribution is 0.0688. The molecule has 0 radical (unpaired) electrons. The lowest BCUT2D eigenvalue weighted by Gasteiger charge is -2.05. The van der Waals surface area contributed by atoms with Gasteiger partial charge in [-0.3, -0.25) is 0 Å². The summed E-state index contributed by atoms with van der Waals surface area (Å²) in [6, 6.07) is 10.2. The Kier molecular flexibility index (Phi) is 2.47. The van der Waals surface area contributed by atoms with Gasteiger partial charge in [0, 0.05) is 16.9 Å². The van der Waals surface area contributed by atoms with E-state index in [-0.39, 0.29) is 5.69 Å². The molecule has 76 valence electrons. The van der Waals surface area contributed by atoms with Crippen molar-refractivity contribution in [2.45, 2.75) is 0 Å². The third-order valence-corrected chi connectivity index (χ3v) is 2.32. The minimum atomic E-state index is -0.949. The highest BCUT2D eigenvalue weighted by Gasteiger charge is 2.09. The maximum atomic E-state index is 10.9. The zero-order valence-electron chi connectivity index (χ0n) is 7.72. The summed E-state index contributed by atoms with van der Waals surface area (Å²) in [5.74, 6) is -0.949. The van der Waals surface area contributed by atoms with Crippen molar-refractivity contribution in [3.63, 3.8) is 0 Å². The van der Waals surface area contributed by atoms with Crippen molar-refractivity contribution in [1.82, 2.24) is 4.57 Å². The summed E-state index contributed by atoms with van der Waals surface area (Å²) in [5, 5.41) is 9.55. The molecule has 1 aromatic carbocycles. The second kappa shape index (κ2) is 3.79. The number of hydrogen-bond acceptors (Lipinski definition) is 1. The van der Waals surface area contributed by atoms with Crippen molar-refractivity contribution in [2.24, 2.45) is 0 Å². The molecule has 0 spiro atoms. The Bertz CT molecular complexity index is 488. The van der Waals surface area contributed by atoms with Crippen LogP contribution in [-0.2, 0) is 0 Å². The van der Waals surface area contributed by atoms with Crippen LogP contribution in [-0.4, -0.2) is 15.6 Å². The second-order valence-electron chi connectivity index (χ2n) is 3.04. The van der Waals surface area contributed by atoms with Gasteiger partial charge < -0.3 is 9.67 Å². The van der Waals surface area contributed by atoms with Gasteiger partial charge in [-0.25, -0.2) is 4.79 Å². The molecule has 0 aliphatic carbocycles. The van der Waals surface area contributed by atoms with Gasteiger partial charge in [0.25, 0.3) is 0 Å².